The van der Waals surface area contributed by atoms with Crippen LogP contribution in [-0.2, 0) is 0 Å². The summed E-state index contributed by atoms with van der Waals surface area (Å²) in [6.45, 7) is 4.55. The van der Waals surface area contributed by atoms with Gasteiger partial charge in [0.15, 0.2) is 0 Å². The van der Waals surface area contributed by atoms with Gasteiger partial charge in [0, 0.05) is 28.7 Å². The van der Waals surface area contributed by atoms with Gasteiger partial charge in [0.2, 0.25) is 0 Å². The third-order valence-corrected chi connectivity index (χ3v) is 3.34. The molecule has 0 aliphatic heterocycles. The second-order valence-corrected chi connectivity index (χ2v) is 5.09. The van der Waals surface area contributed by atoms with Crippen molar-refractivity contribution in [1.29, 1.82) is 0 Å². The van der Waals surface area contributed by atoms with Gasteiger partial charge in [0.05, 0.1) is 0 Å². The Kier molecular flexibility index (Phi) is 4.89. The molecule has 0 bridgehead atoms. The highest BCUT2D eigenvalue weighted by Gasteiger charge is 2.20. The molecule has 0 radical (unpaired) electrons. The lowest BCUT2D eigenvalue weighted by atomic mass is 10.0. The smallest absolute Gasteiger partial charge is 0.129 e. The summed E-state index contributed by atoms with van der Waals surface area (Å²) in [7, 11) is 1.96. The number of likely N-dealkylation sites (N-methyl/N-ethyl adjacent to an activating group) is 1. The van der Waals surface area contributed by atoms with Gasteiger partial charge in [-0.15, -0.1) is 0 Å². The van der Waals surface area contributed by atoms with E-state index in [9.17, 15) is 4.39 Å². The standard InChI is InChI=1S/C12H18BrFN2/c1-8(2)16(3)12(7-15)10-5-4-9(13)6-11(10)14/h4-6,8,12H,7,15H2,1-3H3. The highest BCUT2D eigenvalue weighted by atomic mass is 79.9. The number of nitrogens with two attached hydrogens (primary N) is 1. The maximum absolute atomic E-state index is 13.8. The Hall–Kier alpha value is -0.450. The molecule has 1 unspecified atom stereocenters. The fourth-order valence-electron chi connectivity index (χ4n) is 1.64. The van der Waals surface area contributed by atoms with Crippen LogP contribution in [0.4, 0.5) is 4.39 Å². The summed E-state index contributed by atoms with van der Waals surface area (Å²) in [5.41, 5.74) is 6.38. The minimum Gasteiger partial charge on any atom is -0.329 e. The van der Waals surface area contributed by atoms with E-state index in [1.807, 2.05) is 13.1 Å². The number of hydrogen-bond acceptors (Lipinski definition) is 2. The first-order valence-electron chi connectivity index (χ1n) is 5.34. The van der Waals surface area contributed by atoms with Crippen LogP contribution in [0.5, 0.6) is 0 Å². The second-order valence-electron chi connectivity index (χ2n) is 4.18. The SMILES string of the molecule is CC(C)N(C)C(CN)c1ccc(Br)cc1F. The van der Waals surface area contributed by atoms with E-state index in [0.29, 0.717) is 18.2 Å². The van der Waals surface area contributed by atoms with Crippen LogP contribution in [0.1, 0.15) is 25.5 Å². The molecule has 1 aromatic carbocycles. The van der Waals surface area contributed by atoms with Crippen molar-refractivity contribution in [2.24, 2.45) is 5.73 Å². The average Bonchev–Trinajstić information content (AvgIpc) is 2.21. The monoisotopic (exact) mass is 288 g/mol. The van der Waals surface area contributed by atoms with Gasteiger partial charge in [-0.25, -0.2) is 4.39 Å². The zero-order chi connectivity index (χ0) is 12.3. The molecule has 1 aromatic rings. The van der Waals surface area contributed by atoms with Crippen molar-refractivity contribution in [2.45, 2.75) is 25.9 Å². The lowest BCUT2D eigenvalue weighted by Crippen LogP contribution is -2.35. The van der Waals surface area contributed by atoms with Crippen LogP contribution in [-0.4, -0.2) is 24.5 Å². The molecule has 0 aliphatic carbocycles. The van der Waals surface area contributed by atoms with Gasteiger partial charge in [-0.3, -0.25) is 4.90 Å². The van der Waals surface area contributed by atoms with Crippen LogP contribution < -0.4 is 5.73 Å². The van der Waals surface area contributed by atoms with Crippen LogP contribution >= 0.6 is 15.9 Å². The molecule has 4 heteroatoms. The molecule has 0 saturated carbocycles. The van der Waals surface area contributed by atoms with Crippen molar-refractivity contribution in [2.75, 3.05) is 13.6 Å². The number of nitrogens with zero attached hydrogens (tertiary/aromatic N) is 1. The zero-order valence-electron chi connectivity index (χ0n) is 9.87. The molecule has 0 aliphatic rings. The van der Waals surface area contributed by atoms with E-state index in [2.05, 4.69) is 34.7 Å². The molecule has 1 rings (SSSR count). The maximum atomic E-state index is 13.8. The Labute approximate surface area is 105 Å². The Bertz CT molecular complexity index is 355. The van der Waals surface area contributed by atoms with Crippen LogP contribution in [0.3, 0.4) is 0 Å². The fourth-order valence-corrected chi connectivity index (χ4v) is 1.98. The summed E-state index contributed by atoms with van der Waals surface area (Å²) in [6, 6.07) is 5.36. The summed E-state index contributed by atoms with van der Waals surface area (Å²) >= 11 is 3.25. The molecule has 0 spiro atoms. The van der Waals surface area contributed by atoms with E-state index in [-0.39, 0.29) is 11.9 Å². The van der Waals surface area contributed by atoms with E-state index in [0.717, 1.165) is 4.47 Å². The lowest BCUT2D eigenvalue weighted by Gasteiger charge is -2.31. The molecule has 0 saturated heterocycles. The normalized spacial score (nSPS) is 13.5. The van der Waals surface area contributed by atoms with Crippen LogP contribution in [0.15, 0.2) is 22.7 Å². The minimum absolute atomic E-state index is 0.0758. The van der Waals surface area contributed by atoms with Crippen molar-refractivity contribution in [1.82, 2.24) is 4.90 Å². The van der Waals surface area contributed by atoms with Gasteiger partial charge < -0.3 is 5.73 Å². The molecular formula is C12H18BrFN2. The Morgan fingerprint density at radius 1 is 1.44 bits per heavy atom. The topological polar surface area (TPSA) is 29.3 Å². The number of halogens is 2. The molecule has 1 atom stereocenters. The first-order chi connectivity index (χ1) is 7.47. The predicted molar refractivity (Wildman–Crippen MR) is 68.8 cm³/mol. The molecule has 2 N–H and O–H groups in total. The summed E-state index contributed by atoms with van der Waals surface area (Å²) in [6.07, 6.45) is 0. The molecule has 0 aromatic heterocycles. The molecular weight excluding hydrogens is 271 g/mol. The van der Waals surface area contributed by atoms with Gasteiger partial charge in [0.1, 0.15) is 5.82 Å². The molecule has 2 nitrogen and oxygen atoms in total. The summed E-state index contributed by atoms with van der Waals surface area (Å²) in [4.78, 5) is 2.08. The van der Waals surface area contributed by atoms with E-state index in [1.165, 1.54) is 6.07 Å². The first kappa shape index (κ1) is 13.6. The van der Waals surface area contributed by atoms with Crippen LogP contribution in [0, 0.1) is 5.82 Å². The van der Waals surface area contributed by atoms with E-state index in [4.69, 9.17) is 5.73 Å². The molecule has 16 heavy (non-hydrogen) atoms. The molecule has 0 heterocycles. The molecule has 90 valence electrons. The maximum Gasteiger partial charge on any atom is 0.129 e. The van der Waals surface area contributed by atoms with Gasteiger partial charge in [-0.05, 0) is 33.0 Å². The number of benzene rings is 1. The largest absolute Gasteiger partial charge is 0.329 e. The van der Waals surface area contributed by atoms with Gasteiger partial charge in [0.25, 0.3) is 0 Å². The van der Waals surface area contributed by atoms with E-state index >= 15 is 0 Å². The Morgan fingerprint density at radius 3 is 2.50 bits per heavy atom. The van der Waals surface area contributed by atoms with E-state index in [1.54, 1.807) is 6.07 Å². The van der Waals surface area contributed by atoms with Crippen LogP contribution in [0.2, 0.25) is 0 Å². The third kappa shape index (κ3) is 3.03. The van der Waals surface area contributed by atoms with Crippen LogP contribution in [0.25, 0.3) is 0 Å². The van der Waals surface area contributed by atoms with E-state index < -0.39 is 0 Å². The highest BCUT2D eigenvalue weighted by Crippen LogP contribution is 2.25. The molecule has 0 fully saturated rings. The van der Waals surface area contributed by atoms with Crippen molar-refractivity contribution in [3.05, 3.63) is 34.1 Å². The second kappa shape index (κ2) is 5.75. The minimum atomic E-state index is -0.211. The quantitative estimate of drug-likeness (QED) is 0.923. The van der Waals surface area contributed by atoms with Crippen molar-refractivity contribution in [3.63, 3.8) is 0 Å². The summed E-state index contributed by atoms with van der Waals surface area (Å²) in [5, 5.41) is 0. The van der Waals surface area contributed by atoms with Crippen molar-refractivity contribution in [3.8, 4) is 0 Å². The third-order valence-electron chi connectivity index (χ3n) is 2.85. The summed E-state index contributed by atoms with van der Waals surface area (Å²) < 4.78 is 14.5. The lowest BCUT2D eigenvalue weighted by molar-refractivity contribution is 0.197. The Morgan fingerprint density at radius 2 is 2.06 bits per heavy atom. The van der Waals surface area contributed by atoms with Gasteiger partial charge >= 0.3 is 0 Å². The highest BCUT2D eigenvalue weighted by molar-refractivity contribution is 9.10. The van der Waals surface area contributed by atoms with Gasteiger partial charge in [-0.2, -0.15) is 0 Å². The zero-order valence-corrected chi connectivity index (χ0v) is 11.5. The first-order valence-corrected chi connectivity index (χ1v) is 6.13. The Balaban J connectivity index is 3.04. The number of hydrogen-bond donors (Lipinski definition) is 1. The number of rotatable bonds is 4. The van der Waals surface area contributed by atoms with Gasteiger partial charge in [-0.1, -0.05) is 22.0 Å². The molecule has 0 amide bonds. The summed E-state index contributed by atoms with van der Waals surface area (Å²) in [5.74, 6) is -0.211. The van der Waals surface area contributed by atoms with Crippen molar-refractivity contribution >= 4 is 15.9 Å². The average molecular weight is 289 g/mol. The van der Waals surface area contributed by atoms with Crippen molar-refractivity contribution < 1.29 is 4.39 Å². The predicted octanol–water partition coefficient (Wildman–Crippen LogP) is 2.93. The fraction of sp³-hybridized carbons (Fsp3) is 0.500.